The first kappa shape index (κ1) is 22.7. The maximum absolute atomic E-state index is 11.3. The third-order valence-electron chi connectivity index (χ3n) is 4.52. The van der Waals surface area contributed by atoms with Crippen LogP contribution in [-0.2, 0) is 0 Å². The highest BCUT2D eigenvalue weighted by molar-refractivity contribution is 5.77. The highest BCUT2D eigenvalue weighted by Gasteiger charge is 2.07. The predicted molar refractivity (Wildman–Crippen MR) is 116 cm³/mol. The highest BCUT2D eigenvalue weighted by Crippen LogP contribution is 2.20. The molecule has 1 aromatic heterocycles. The SMILES string of the molecule is CC(C)=C[C@H](O)CC(C)=CC[C@@H](O)C(C)=CCOc1ccc2ccc(=O)oc2c1. The first-order valence-corrected chi connectivity index (χ1v) is 9.74. The minimum absolute atomic E-state index is 0.299. The van der Waals surface area contributed by atoms with Crippen LogP contribution in [0.2, 0.25) is 0 Å². The van der Waals surface area contributed by atoms with E-state index in [9.17, 15) is 15.0 Å². The van der Waals surface area contributed by atoms with E-state index in [-0.39, 0.29) is 0 Å². The fourth-order valence-electron chi connectivity index (χ4n) is 2.89. The Morgan fingerprint density at radius 1 is 1.10 bits per heavy atom. The summed E-state index contributed by atoms with van der Waals surface area (Å²) in [6.07, 6.45) is 5.55. The molecule has 2 N–H and O–H groups in total. The molecule has 0 amide bonds. The van der Waals surface area contributed by atoms with Crippen LogP contribution in [0.1, 0.15) is 40.5 Å². The topological polar surface area (TPSA) is 79.9 Å². The van der Waals surface area contributed by atoms with Crippen molar-refractivity contribution in [3.8, 4) is 5.75 Å². The average Bonchev–Trinajstić information content (AvgIpc) is 2.64. The molecule has 156 valence electrons. The Balaban J connectivity index is 1.88. The Morgan fingerprint density at radius 3 is 2.55 bits per heavy atom. The van der Waals surface area contributed by atoms with Crippen LogP contribution >= 0.6 is 0 Å². The van der Waals surface area contributed by atoms with Crippen molar-refractivity contribution in [1.29, 1.82) is 0 Å². The van der Waals surface area contributed by atoms with Crippen LogP contribution in [0.4, 0.5) is 0 Å². The summed E-state index contributed by atoms with van der Waals surface area (Å²) in [4.78, 5) is 11.3. The van der Waals surface area contributed by atoms with Crippen LogP contribution in [0.3, 0.4) is 0 Å². The Hall–Kier alpha value is -2.63. The molecule has 2 aromatic rings. The third kappa shape index (κ3) is 7.72. The van der Waals surface area contributed by atoms with E-state index in [0.717, 1.165) is 22.1 Å². The Kier molecular flexibility index (Phi) is 8.43. The summed E-state index contributed by atoms with van der Waals surface area (Å²) in [5.74, 6) is 0.592. The van der Waals surface area contributed by atoms with E-state index in [4.69, 9.17) is 9.15 Å². The number of aliphatic hydroxyl groups is 2. The predicted octanol–water partition coefficient (Wildman–Crippen LogP) is 4.53. The van der Waals surface area contributed by atoms with E-state index in [2.05, 4.69) is 0 Å². The van der Waals surface area contributed by atoms with Gasteiger partial charge in [-0.1, -0.05) is 23.3 Å². The molecule has 0 aliphatic carbocycles. The van der Waals surface area contributed by atoms with E-state index < -0.39 is 17.8 Å². The molecule has 2 rings (SSSR count). The first-order chi connectivity index (χ1) is 13.7. The molecular formula is C24H30O5. The van der Waals surface area contributed by atoms with Crippen molar-refractivity contribution < 1.29 is 19.4 Å². The summed E-state index contributed by atoms with van der Waals surface area (Å²) >= 11 is 0. The molecule has 2 atom stereocenters. The van der Waals surface area contributed by atoms with Crippen molar-refractivity contribution in [3.05, 3.63) is 75.7 Å². The molecule has 0 bridgehead atoms. The monoisotopic (exact) mass is 398 g/mol. The zero-order valence-corrected chi connectivity index (χ0v) is 17.5. The molecule has 0 aliphatic heterocycles. The van der Waals surface area contributed by atoms with Gasteiger partial charge < -0.3 is 19.4 Å². The number of aliphatic hydroxyl groups excluding tert-OH is 2. The zero-order valence-electron chi connectivity index (χ0n) is 17.5. The molecule has 5 nitrogen and oxygen atoms in total. The molecule has 0 saturated carbocycles. The van der Waals surface area contributed by atoms with Crippen LogP contribution in [0.25, 0.3) is 11.0 Å². The number of rotatable bonds is 9. The van der Waals surface area contributed by atoms with Crippen LogP contribution in [0.5, 0.6) is 5.75 Å². The molecule has 1 heterocycles. The first-order valence-electron chi connectivity index (χ1n) is 9.74. The van der Waals surface area contributed by atoms with Crippen molar-refractivity contribution in [2.45, 2.75) is 52.7 Å². The fourth-order valence-corrected chi connectivity index (χ4v) is 2.89. The standard InChI is InChI=1S/C24H30O5/c1-16(2)13-20(25)14-17(3)5-9-22(26)18(4)11-12-28-21-8-6-19-7-10-24(27)29-23(19)15-21/h5-8,10-11,13,15,20,22,25-26H,9,12,14H2,1-4H3/t20-,22+/m0/s1. The van der Waals surface area contributed by atoms with Crippen molar-refractivity contribution in [2.75, 3.05) is 6.61 Å². The smallest absolute Gasteiger partial charge is 0.336 e. The van der Waals surface area contributed by atoms with Gasteiger partial charge in [-0.25, -0.2) is 4.79 Å². The summed E-state index contributed by atoms with van der Waals surface area (Å²) in [6, 6.07) is 8.41. The normalized spacial score (nSPS) is 14.6. The molecule has 5 heteroatoms. The number of benzene rings is 1. The molecule has 1 aromatic carbocycles. The van der Waals surface area contributed by atoms with Gasteiger partial charge in [0.15, 0.2) is 0 Å². The highest BCUT2D eigenvalue weighted by atomic mass is 16.5. The second-order valence-electron chi connectivity index (χ2n) is 7.53. The van der Waals surface area contributed by atoms with Crippen molar-refractivity contribution in [2.24, 2.45) is 0 Å². The van der Waals surface area contributed by atoms with Gasteiger partial charge in [-0.3, -0.25) is 0 Å². The van der Waals surface area contributed by atoms with E-state index in [1.807, 2.05) is 58.1 Å². The van der Waals surface area contributed by atoms with Gasteiger partial charge in [0.05, 0.1) is 12.2 Å². The molecule has 0 spiro atoms. The zero-order chi connectivity index (χ0) is 21.4. The van der Waals surface area contributed by atoms with Gasteiger partial charge in [0.1, 0.15) is 17.9 Å². The maximum atomic E-state index is 11.3. The lowest BCUT2D eigenvalue weighted by Gasteiger charge is -2.12. The van der Waals surface area contributed by atoms with Crippen molar-refractivity contribution >= 4 is 11.0 Å². The second kappa shape index (κ2) is 10.8. The Morgan fingerprint density at radius 2 is 1.83 bits per heavy atom. The minimum Gasteiger partial charge on any atom is -0.489 e. The number of allylic oxidation sites excluding steroid dienone is 1. The largest absolute Gasteiger partial charge is 0.489 e. The quantitative estimate of drug-likeness (QED) is 0.479. The number of fused-ring (bicyclic) bond motifs is 1. The number of hydrogen-bond donors (Lipinski definition) is 2. The lowest BCUT2D eigenvalue weighted by Crippen LogP contribution is -2.09. The summed E-state index contributed by atoms with van der Waals surface area (Å²) < 4.78 is 10.8. The summed E-state index contributed by atoms with van der Waals surface area (Å²) in [7, 11) is 0. The molecule has 0 unspecified atom stereocenters. The number of ether oxygens (including phenoxy) is 1. The van der Waals surface area contributed by atoms with Crippen LogP contribution in [0.15, 0.2) is 74.5 Å². The number of hydrogen-bond acceptors (Lipinski definition) is 5. The van der Waals surface area contributed by atoms with Crippen molar-refractivity contribution in [3.63, 3.8) is 0 Å². The Labute approximate surface area is 171 Å². The lowest BCUT2D eigenvalue weighted by molar-refractivity contribution is 0.210. The summed E-state index contributed by atoms with van der Waals surface area (Å²) in [5.41, 5.74) is 3.01. The summed E-state index contributed by atoms with van der Waals surface area (Å²) in [5, 5.41) is 21.1. The Bertz CT molecular complexity index is 961. The van der Waals surface area contributed by atoms with Gasteiger partial charge in [0.2, 0.25) is 0 Å². The van der Waals surface area contributed by atoms with Gasteiger partial charge >= 0.3 is 5.63 Å². The maximum Gasteiger partial charge on any atom is 0.336 e. The van der Waals surface area contributed by atoms with Gasteiger partial charge in [-0.2, -0.15) is 0 Å². The van der Waals surface area contributed by atoms with Gasteiger partial charge in [0.25, 0.3) is 0 Å². The van der Waals surface area contributed by atoms with Crippen LogP contribution in [-0.4, -0.2) is 29.0 Å². The summed E-state index contributed by atoms with van der Waals surface area (Å²) in [6.45, 7) is 8.02. The van der Waals surface area contributed by atoms with Gasteiger partial charge in [-0.05, 0) is 70.4 Å². The third-order valence-corrected chi connectivity index (χ3v) is 4.52. The molecule has 29 heavy (non-hydrogen) atoms. The fraction of sp³-hybridized carbons (Fsp3) is 0.375. The molecule has 0 fully saturated rings. The van der Waals surface area contributed by atoms with Gasteiger partial charge in [0, 0.05) is 17.5 Å². The molecule has 0 aliphatic rings. The van der Waals surface area contributed by atoms with E-state index in [0.29, 0.717) is 30.8 Å². The lowest BCUT2D eigenvalue weighted by atomic mass is 10.0. The molecule has 0 saturated heterocycles. The van der Waals surface area contributed by atoms with Gasteiger partial charge in [-0.15, -0.1) is 0 Å². The van der Waals surface area contributed by atoms with E-state index in [1.54, 1.807) is 12.1 Å². The van der Waals surface area contributed by atoms with Crippen molar-refractivity contribution in [1.82, 2.24) is 0 Å². The van der Waals surface area contributed by atoms with Crippen LogP contribution in [0, 0.1) is 0 Å². The average molecular weight is 398 g/mol. The van der Waals surface area contributed by atoms with E-state index in [1.165, 1.54) is 6.07 Å². The van der Waals surface area contributed by atoms with E-state index >= 15 is 0 Å². The second-order valence-corrected chi connectivity index (χ2v) is 7.53. The van der Waals surface area contributed by atoms with Crippen LogP contribution < -0.4 is 10.4 Å². The molecular weight excluding hydrogens is 368 g/mol. The molecule has 0 radical (unpaired) electrons. The minimum atomic E-state index is -0.608.